The predicted octanol–water partition coefficient (Wildman–Crippen LogP) is 1.43. The third-order valence-electron chi connectivity index (χ3n) is 5.15. The highest BCUT2D eigenvalue weighted by molar-refractivity contribution is 7.12. The number of carbonyl (C=O) groups excluding carboxylic acids is 3. The van der Waals surface area contributed by atoms with E-state index in [1.807, 2.05) is 34.2 Å². The van der Waals surface area contributed by atoms with E-state index in [1.165, 1.54) is 11.3 Å². The molecule has 1 aromatic rings. The SMILES string of the molecule is CCN1C[C@]2(CC1=O)CN(C(=O)c1cccs1)CCN(C(=O)N(C)C)C2. The molecule has 7 nitrogen and oxygen atoms in total. The summed E-state index contributed by atoms with van der Waals surface area (Å²) in [6.07, 6.45) is 0.381. The van der Waals surface area contributed by atoms with Crippen LogP contribution in [0, 0.1) is 5.41 Å². The molecule has 2 aliphatic rings. The molecule has 1 atom stereocenters. The van der Waals surface area contributed by atoms with Crippen molar-refractivity contribution in [3.05, 3.63) is 22.4 Å². The Kier molecular flexibility index (Phi) is 5.22. The Morgan fingerprint density at radius 3 is 2.46 bits per heavy atom. The Labute approximate surface area is 158 Å². The van der Waals surface area contributed by atoms with Gasteiger partial charge in [-0.05, 0) is 18.4 Å². The molecule has 3 rings (SSSR count). The lowest BCUT2D eigenvalue weighted by molar-refractivity contribution is -0.127. The van der Waals surface area contributed by atoms with Gasteiger partial charge in [0.15, 0.2) is 0 Å². The van der Waals surface area contributed by atoms with Crippen LogP contribution in [0.25, 0.3) is 0 Å². The van der Waals surface area contributed by atoms with Crippen LogP contribution in [0.3, 0.4) is 0 Å². The van der Waals surface area contributed by atoms with Crippen LogP contribution in [-0.2, 0) is 4.79 Å². The van der Waals surface area contributed by atoms with Gasteiger partial charge in [0.25, 0.3) is 5.91 Å². The monoisotopic (exact) mass is 378 g/mol. The van der Waals surface area contributed by atoms with Crippen LogP contribution in [0.4, 0.5) is 4.79 Å². The van der Waals surface area contributed by atoms with E-state index >= 15 is 0 Å². The fraction of sp³-hybridized carbons (Fsp3) is 0.611. The molecule has 142 valence electrons. The molecule has 3 heterocycles. The molecule has 0 unspecified atom stereocenters. The number of thiophene rings is 1. The average molecular weight is 378 g/mol. The number of carbonyl (C=O) groups is 3. The molecule has 0 radical (unpaired) electrons. The molecule has 0 bridgehead atoms. The number of nitrogens with zero attached hydrogens (tertiary/aromatic N) is 4. The van der Waals surface area contributed by atoms with Gasteiger partial charge in [0.1, 0.15) is 0 Å². The molecule has 26 heavy (non-hydrogen) atoms. The van der Waals surface area contributed by atoms with Crippen molar-refractivity contribution in [2.24, 2.45) is 5.41 Å². The van der Waals surface area contributed by atoms with E-state index in [-0.39, 0.29) is 17.8 Å². The summed E-state index contributed by atoms with van der Waals surface area (Å²) < 4.78 is 0. The maximum Gasteiger partial charge on any atom is 0.319 e. The van der Waals surface area contributed by atoms with Gasteiger partial charge in [-0.25, -0.2) is 4.79 Å². The summed E-state index contributed by atoms with van der Waals surface area (Å²) in [4.78, 5) is 45.6. The Morgan fingerprint density at radius 2 is 1.88 bits per heavy atom. The zero-order valence-electron chi connectivity index (χ0n) is 15.6. The van der Waals surface area contributed by atoms with E-state index in [0.29, 0.717) is 50.6 Å². The van der Waals surface area contributed by atoms with Gasteiger partial charge in [-0.15, -0.1) is 11.3 Å². The Morgan fingerprint density at radius 1 is 1.19 bits per heavy atom. The van der Waals surface area contributed by atoms with Crippen molar-refractivity contribution in [3.8, 4) is 0 Å². The van der Waals surface area contributed by atoms with E-state index in [9.17, 15) is 14.4 Å². The molecular formula is C18H26N4O3S. The van der Waals surface area contributed by atoms with Gasteiger partial charge in [-0.1, -0.05) is 6.07 Å². The first kappa shape index (κ1) is 18.7. The van der Waals surface area contributed by atoms with E-state index in [4.69, 9.17) is 0 Å². The standard InChI is InChI=1S/C18H26N4O3S/c1-4-20-11-18(10-15(20)23)12-21(16(24)14-6-5-9-26-14)7-8-22(13-18)17(25)19(2)3/h5-6,9H,4,7-8,10-13H2,1-3H3/t18-/m1/s1. The summed E-state index contributed by atoms with van der Waals surface area (Å²) in [5, 5.41) is 1.89. The van der Waals surface area contributed by atoms with Crippen LogP contribution in [0.15, 0.2) is 17.5 Å². The Balaban J connectivity index is 1.88. The highest BCUT2D eigenvalue weighted by Gasteiger charge is 2.47. The second-order valence-corrected chi connectivity index (χ2v) is 8.33. The van der Waals surface area contributed by atoms with Crippen molar-refractivity contribution in [2.75, 3.05) is 53.4 Å². The number of urea groups is 1. The van der Waals surface area contributed by atoms with Gasteiger partial charge in [-0.2, -0.15) is 0 Å². The second kappa shape index (κ2) is 7.26. The number of hydrogen-bond acceptors (Lipinski definition) is 4. The van der Waals surface area contributed by atoms with Gasteiger partial charge >= 0.3 is 6.03 Å². The van der Waals surface area contributed by atoms with Crippen LogP contribution in [0.2, 0.25) is 0 Å². The van der Waals surface area contributed by atoms with Crippen molar-refractivity contribution in [2.45, 2.75) is 13.3 Å². The smallest absolute Gasteiger partial charge is 0.319 e. The highest BCUT2D eigenvalue weighted by atomic mass is 32.1. The van der Waals surface area contributed by atoms with Gasteiger partial charge < -0.3 is 19.6 Å². The van der Waals surface area contributed by atoms with Crippen LogP contribution in [0.1, 0.15) is 23.0 Å². The number of amides is 4. The summed E-state index contributed by atoms with van der Waals surface area (Å²) in [7, 11) is 3.46. The molecule has 1 aromatic heterocycles. The molecule has 0 saturated carbocycles. The second-order valence-electron chi connectivity index (χ2n) is 7.39. The Hall–Kier alpha value is -2.09. The van der Waals surface area contributed by atoms with Crippen molar-refractivity contribution in [3.63, 3.8) is 0 Å². The maximum absolute atomic E-state index is 12.9. The summed E-state index contributed by atoms with van der Waals surface area (Å²) in [5.74, 6) is 0.0936. The van der Waals surface area contributed by atoms with Crippen molar-refractivity contribution < 1.29 is 14.4 Å². The first-order valence-electron chi connectivity index (χ1n) is 8.92. The topological polar surface area (TPSA) is 64.2 Å². The molecule has 0 aromatic carbocycles. The third kappa shape index (κ3) is 3.56. The zero-order chi connectivity index (χ0) is 18.9. The van der Waals surface area contributed by atoms with Crippen molar-refractivity contribution >= 4 is 29.2 Å². The fourth-order valence-electron chi connectivity index (χ4n) is 3.92. The van der Waals surface area contributed by atoms with E-state index in [2.05, 4.69) is 0 Å². The van der Waals surface area contributed by atoms with Crippen molar-refractivity contribution in [1.82, 2.24) is 19.6 Å². The molecule has 2 aliphatic heterocycles. The van der Waals surface area contributed by atoms with Gasteiger partial charge in [0.2, 0.25) is 5.91 Å². The molecular weight excluding hydrogens is 352 g/mol. The molecule has 2 saturated heterocycles. The van der Waals surface area contributed by atoms with E-state index in [1.54, 1.807) is 23.9 Å². The van der Waals surface area contributed by atoms with Crippen LogP contribution >= 0.6 is 11.3 Å². The van der Waals surface area contributed by atoms with Crippen LogP contribution in [0.5, 0.6) is 0 Å². The van der Waals surface area contributed by atoms with E-state index < -0.39 is 5.41 Å². The summed E-state index contributed by atoms with van der Waals surface area (Å²) in [6, 6.07) is 3.62. The van der Waals surface area contributed by atoms with Gasteiger partial charge in [-0.3, -0.25) is 9.59 Å². The normalized spacial score (nSPS) is 23.5. The molecule has 4 amide bonds. The first-order valence-corrected chi connectivity index (χ1v) is 9.80. The number of rotatable bonds is 2. The summed E-state index contributed by atoms with van der Waals surface area (Å²) in [6.45, 7) is 5.18. The lowest BCUT2D eigenvalue weighted by Gasteiger charge is -2.34. The minimum atomic E-state index is -0.401. The predicted molar refractivity (Wildman–Crippen MR) is 100 cm³/mol. The maximum atomic E-state index is 12.9. The van der Waals surface area contributed by atoms with Crippen molar-refractivity contribution in [1.29, 1.82) is 0 Å². The largest absolute Gasteiger partial charge is 0.342 e. The fourth-order valence-corrected chi connectivity index (χ4v) is 4.61. The van der Waals surface area contributed by atoms with Crippen LogP contribution < -0.4 is 0 Å². The van der Waals surface area contributed by atoms with E-state index in [0.717, 1.165) is 0 Å². The molecule has 2 fully saturated rings. The lowest BCUT2D eigenvalue weighted by Crippen LogP contribution is -2.47. The summed E-state index contributed by atoms with van der Waals surface area (Å²) in [5.41, 5.74) is -0.401. The van der Waals surface area contributed by atoms with Crippen LogP contribution in [-0.4, -0.2) is 90.8 Å². The minimum Gasteiger partial charge on any atom is -0.342 e. The quantitative estimate of drug-likeness (QED) is 0.782. The minimum absolute atomic E-state index is 0.0130. The molecule has 0 aliphatic carbocycles. The molecule has 8 heteroatoms. The van der Waals surface area contributed by atoms with Gasteiger partial charge in [0.05, 0.1) is 4.88 Å². The first-order chi connectivity index (χ1) is 12.3. The Bertz CT molecular complexity index is 691. The average Bonchev–Trinajstić information content (AvgIpc) is 3.19. The van der Waals surface area contributed by atoms with Gasteiger partial charge in [0, 0.05) is 65.2 Å². The highest BCUT2D eigenvalue weighted by Crippen LogP contribution is 2.35. The zero-order valence-corrected chi connectivity index (χ0v) is 16.4. The number of hydrogen-bond donors (Lipinski definition) is 0. The molecule has 1 spiro atoms. The third-order valence-corrected chi connectivity index (χ3v) is 6.01. The molecule has 0 N–H and O–H groups in total. The summed E-state index contributed by atoms with van der Waals surface area (Å²) >= 11 is 1.42. The lowest BCUT2D eigenvalue weighted by atomic mass is 9.86. The number of likely N-dealkylation sites (tertiary alicyclic amines) is 1.